The smallest absolute Gasteiger partial charge is 0.232 e. The minimum Gasteiger partial charge on any atom is -0.341 e. The number of thioether (sulfide) groups is 1. The summed E-state index contributed by atoms with van der Waals surface area (Å²) in [5.41, 5.74) is 0. The van der Waals surface area contributed by atoms with Crippen molar-refractivity contribution in [1.82, 2.24) is 4.90 Å². The van der Waals surface area contributed by atoms with E-state index in [0.717, 1.165) is 4.90 Å². The minimum absolute atomic E-state index is 0.0722. The Hall–Kier alpha value is -0.720. The van der Waals surface area contributed by atoms with Gasteiger partial charge in [-0.1, -0.05) is 23.7 Å². The predicted molar refractivity (Wildman–Crippen MR) is 82.0 cm³/mol. The number of halogens is 1. The summed E-state index contributed by atoms with van der Waals surface area (Å²) in [5, 5.41) is 0.622. The van der Waals surface area contributed by atoms with E-state index < -0.39 is 9.84 Å². The first-order valence-corrected chi connectivity index (χ1v) is 9.41. The lowest BCUT2D eigenvalue weighted by atomic mass is 10.2. The molecule has 1 amide bonds. The molecule has 1 fully saturated rings. The molecular formula is C13H16ClNO3S2. The fourth-order valence-electron chi connectivity index (χ4n) is 2.09. The summed E-state index contributed by atoms with van der Waals surface area (Å²) < 4.78 is 22.9. The zero-order chi connectivity index (χ0) is 14.8. The quantitative estimate of drug-likeness (QED) is 0.792. The Morgan fingerprint density at radius 2 is 2.15 bits per heavy atom. The van der Waals surface area contributed by atoms with Gasteiger partial charge in [0.25, 0.3) is 0 Å². The Morgan fingerprint density at radius 1 is 1.45 bits per heavy atom. The van der Waals surface area contributed by atoms with Gasteiger partial charge < -0.3 is 4.90 Å². The van der Waals surface area contributed by atoms with Gasteiger partial charge >= 0.3 is 0 Å². The summed E-state index contributed by atoms with van der Waals surface area (Å²) >= 11 is 7.40. The lowest BCUT2D eigenvalue weighted by Crippen LogP contribution is -2.38. The SMILES string of the molecule is CN(C(=O)CSc1ccccc1Cl)[C@H]1CCS(=O)(=O)C1. The van der Waals surface area contributed by atoms with Gasteiger partial charge in [0, 0.05) is 18.0 Å². The molecule has 2 rings (SSSR count). The van der Waals surface area contributed by atoms with Crippen LogP contribution in [-0.2, 0) is 14.6 Å². The Kier molecular flexibility index (Phi) is 4.99. The van der Waals surface area contributed by atoms with E-state index >= 15 is 0 Å². The summed E-state index contributed by atoms with van der Waals surface area (Å²) in [4.78, 5) is 14.5. The highest BCUT2D eigenvalue weighted by Gasteiger charge is 2.32. The summed E-state index contributed by atoms with van der Waals surface area (Å²) in [6.07, 6.45) is 0.529. The van der Waals surface area contributed by atoms with Crippen LogP contribution in [0.1, 0.15) is 6.42 Å². The molecule has 0 radical (unpaired) electrons. The summed E-state index contributed by atoms with van der Waals surface area (Å²) in [5.74, 6) is 0.437. The number of benzene rings is 1. The van der Waals surface area contributed by atoms with E-state index in [9.17, 15) is 13.2 Å². The van der Waals surface area contributed by atoms with E-state index in [0.29, 0.717) is 11.4 Å². The number of sulfone groups is 1. The molecule has 0 unspecified atom stereocenters. The van der Waals surface area contributed by atoms with Crippen LogP contribution in [0.15, 0.2) is 29.2 Å². The third-order valence-corrected chi connectivity index (χ3v) is 6.59. The molecule has 110 valence electrons. The van der Waals surface area contributed by atoms with E-state index in [4.69, 9.17) is 11.6 Å². The Labute approximate surface area is 128 Å². The minimum atomic E-state index is -2.97. The maximum absolute atomic E-state index is 12.1. The maximum Gasteiger partial charge on any atom is 0.232 e. The fourth-order valence-corrected chi connectivity index (χ4v) is 5.02. The molecule has 1 atom stereocenters. The number of hydrogen-bond donors (Lipinski definition) is 0. The van der Waals surface area contributed by atoms with Crippen LogP contribution in [0.2, 0.25) is 5.02 Å². The van der Waals surface area contributed by atoms with Crippen molar-refractivity contribution in [2.45, 2.75) is 17.4 Å². The molecule has 1 aromatic carbocycles. The third-order valence-electron chi connectivity index (χ3n) is 3.34. The molecule has 0 aromatic heterocycles. The molecule has 0 aliphatic carbocycles. The Bertz CT molecular complexity index is 603. The Morgan fingerprint density at radius 3 is 2.75 bits per heavy atom. The number of carbonyl (C=O) groups excluding carboxylic acids is 1. The second kappa shape index (κ2) is 6.37. The number of nitrogens with zero attached hydrogens (tertiary/aromatic N) is 1. The summed E-state index contributed by atoms with van der Waals surface area (Å²) in [7, 11) is -1.30. The summed E-state index contributed by atoms with van der Waals surface area (Å²) in [6.45, 7) is 0. The van der Waals surface area contributed by atoms with E-state index in [1.807, 2.05) is 18.2 Å². The molecular weight excluding hydrogens is 318 g/mol. The van der Waals surface area contributed by atoms with Crippen LogP contribution in [0.4, 0.5) is 0 Å². The largest absolute Gasteiger partial charge is 0.341 e. The van der Waals surface area contributed by atoms with Gasteiger partial charge in [-0.05, 0) is 18.6 Å². The molecule has 1 aromatic rings. The van der Waals surface area contributed by atoms with Crippen LogP contribution >= 0.6 is 23.4 Å². The van der Waals surface area contributed by atoms with Crippen molar-refractivity contribution in [2.75, 3.05) is 24.3 Å². The zero-order valence-electron chi connectivity index (χ0n) is 11.1. The molecule has 0 bridgehead atoms. The second-order valence-corrected chi connectivity index (χ2v) is 8.43. The van der Waals surface area contributed by atoms with Gasteiger partial charge in [-0.25, -0.2) is 8.42 Å². The van der Waals surface area contributed by atoms with Crippen molar-refractivity contribution < 1.29 is 13.2 Å². The molecule has 0 spiro atoms. The normalized spacial score (nSPS) is 20.8. The standard InChI is InChI=1S/C13H16ClNO3S2/c1-15(10-6-7-20(17,18)9-10)13(16)8-19-12-5-3-2-4-11(12)14/h2-5,10H,6-9H2,1H3/t10-/m0/s1. The van der Waals surface area contributed by atoms with Gasteiger partial charge in [0.05, 0.1) is 22.3 Å². The van der Waals surface area contributed by atoms with Crippen molar-refractivity contribution in [3.63, 3.8) is 0 Å². The van der Waals surface area contributed by atoms with Crippen molar-refractivity contribution in [1.29, 1.82) is 0 Å². The lowest BCUT2D eigenvalue weighted by Gasteiger charge is -2.23. The zero-order valence-corrected chi connectivity index (χ0v) is 13.5. The van der Waals surface area contributed by atoms with Crippen LogP contribution in [-0.4, -0.2) is 49.6 Å². The lowest BCUT2D eigenvalue weighted by molar-refractivity contribution is -0.128. The van der Waals surface area contributed by atoms with Gasteiger partial charge in [0.2, 0.25) is 5.91 Å². The van der Waals surface area contributed by atoms with E-state index in [1.54, 1.807) is 18.0 Å². The number of amides is 1. The van der Waals surface area contributed by atoms with Gasteiger partial charge in [0.15, 0.2) is 9.84 Å². The number of carbonyl (C=O) groups is 1. The first-order valence-electron chi connectivity index (χ1n) is 6.22. The van der Waals surface area contributed by atoms with Crippen LogP contribution in [0.5, 0.6) is 0 Å². The van der Waals surface area contributed by atoms with Crippen LogP contribution < -0.4 is 0 Å². The first kappa shape index (κ1) is 15.7. The first-order chi connectivity index (χ1) is 9.39. The van der Waals surface area contributed by atoms with Gasteiger partial charge in [-0.3, -0.25) is 4.79 Å². The van der Waals surface area contributed by atoms with Crippen molar-refractivity contribution in [3.05, 3.63) is 29.3 Å². The molecule has 0 N–H and O–H groups in total. The second-order valence-electron chi connectivity index (χ2n) is 4.78. The molecule has 20 heavy (non-hydrogen) atoms. The number of hydrogen-bond acceptors (Lipinski definition) is 4. The third kappa shape index (κ3) is 3.90. The van der Waals surface area contributed by atoms with Gasteiger partial charge in [-0.15, -0.1) is 11.8 Å². The highest BCUT2D eigenvalue weighted by atomic mass is 35.5. The van der Waals surface area contributed by atoms with Gasteiger partial charge in [-0.2, -0.15) is 0 Å². The maximum atomic E-state index is 12.1. The molecule has 1 aliphatic heterocycles. The molecule has 7 heteroatoms. The Balaban J connectivity index is 1.91. The molecule has 0 saturated carbocycles. The van der Waals surface area contributed by atoms with Gasteiger partial charge in [0.1, 0.15) is 0 Å². The molecule has 1 aliphatic rings. The van der Waals surface area contributed by atoms with Crippen LogP contribution in [0.3, 0.4) is 0 Å². The van der Waals surface area contributed by atoms with E-state index in [2.05, 4.69) is 0 Å². The van der Waals surface area contributed by atoms with Crippen LogP contribution in [0.25, 0.3) is 0 Å². The van der Waals surface area contributed by atoms with Crippen molar-refractivity contribution in [3.8, 4) is 0 Å². The average molecular weight is 334 g/mol. The molecule has 4 nitrogen and oxygen atoms in total. The monoisotopic (exact) mass is 333 g/mol. The van der Waals surface area contributed by atoms with Crippen molar-refractivity contribution in [2.24, 2.45) is 0 Å². The summed E-state index contributed by atoms with van der Waals surface area (Å²) in [6, 6.07) is 7.15. The highest BCUT2D eigenvalue weighted by molar-refractivity contribution is 8.00. The van der Waals surface area contributed by atoms with Crippen molar-refractivity contribution >= 4 is 39.1 Å². The van der Waals surface area contributed by atoms with E-state index in [1.165, 1.54) is 11.8 Å². The van der Waals surface area contributed by atoms with E-state index in [-0.39, 0.29) is 29.2 Å². The average Bonchev–Trinajstić information content (AvgIpc) is 2.77. The fraction of sp³-hybridized carbons (Fsp3) is 0.462. The number of rotatable bonds is 4. The topological polar surface area (TPSA) is 54.5 Å². The molecule has 1 heterocycles. The predicted octanol–water partition coefficient (Wildman–Crippen LogP) is 2.08. The highest BCUT2D eigenvalue weighted by Crippen LogP contribution is 2.27. The molecule has 1 saturated heterocycles. The van der Waals surface area contributed by atoms with Crippen LogP contribution in [0, 0.1) is 0 Å².